The lowest BCUT2D eigenvalue weighted by Crippen LogP contribution is -2.54. The number of aromatic carboxylic acids is 1. The van der Waals surface area contributed by atoms with E-state index in [1.54, 1.807) is 11.0 Å². The van der Waals surface area contributed by atoms with Crippen LogP contribution in [0.1, 0.15) is 71.2 Å². The van der Waals surface area contributed by atoms with Crippen molar-refractivity contribution in [2.24, 2.45) is 0 Å². The van der Waals surface area contributed by atoms with Crippen LogP contribution in [0, 0.1) is 0 Å². The quantitative estimate of drug-likeness (QED) is 0.476. The van der Waals surface area contributed by atoms with E-state index in [0.29, 0.717) is 51.0 Å². The van der Waals surface area contributed by atoms with Crippen LogP contribution in [0.5, 0.6) is 0 Å². The van der Waals surface area contributed by atoms with Crippen molar-refractivity contribution in [3.63, 3.8) is 0 Å². The van der Waals surface area contributed by atoms with Crippen LogP contribution in [0.15, 0.2) is 18.2 Å². The summed E-state index contributed by atoms with van der Waals surface area (Å²) in [5.74, 6) is -1.41. The van der Waals surface area contributed by atoms with E-state index in [1.807, 2.05) is 0 Å². The Hall–Kier alpha value is -3.65. The van der Waals surface area contributed by atoms with Crippen LogP contribution in [0.25, 0.3) is 0 Å². The minimum absolute atomic E-state index is 0.0208. The monoisotopic (exact) mass is 623 g/mol. The zero-order valence-corrected chi connectivity index (χ0v) is 23.0. The molecular formula is C27H31F6N3O7. The molecule has 10 nitrogen and oxygen atoms in total. The first-order valence-electron chi connectivity index (χ1n) is 13.6. The molecule has 2 amide bonds. The predicted octanol–water partition coefficient (Wildman–Crippen LogP) is 4.49. The Kier molecular flexibility index (Phi) is 10.8. The summed E-state index contributed by atoms with van der Waals surface area (Å²) >= 11 is 0. The first kappa shape index (κ1) is 33.8. The molecule has 0 unspecified atom stereocenters. The average Bonchev–Trinajstić information content (AvgIpc) is 3.31. The van der Waals surface area contributed by atoms with Gasteiger partial charge in [0.15, 0.2) is 0 Å². The fraction of sp³-hybridized carbons (Fsp3) is 0.630. The second-order valence-corrected chi connectivity index (χ2v) is 10.7. The molecule has 0 saturated carbocycles. The number of hydrogen-bond donors (Lipinski definition) is 1. The smallest absolute Gasteiger partial charge is 0.434 e. The number of hydrogen-bond acceptors (Lipinski definition) is 7. The molecule has 0 aliphatic carbocycles. The molecular weight excluding hydrogens is 592 g/mol. The van der Waals surface area contributed by atoms with Crippen LogP contribution in [0.2, 0.25) is 0 Å². The van der Waals surface area contributed by atoms with Crippen molar-refractivity contribution in [3.05, 3.63) is 34.9 Å². The zero-order chi connectivity index (χ0) is 32.0. The summed E-state index contributed by atoms with van der Waals surface area (Å²) in [7, 11) is 0. The van der Waals surface area contributed by atoms with E-state index >= 15 is 0 Å². The highest BCUT2D eigenvalue weighted by molar-refractivity contribution is 5.98. The standard InChI is InChI=1S/C26H31F6N3O5.CO2/c27-25(28,29)22(26(30,31)32)40-23(39)34-11-6-24(7-12-34)5-4-10-35(24)16-17-13-18(15-19(14-17)21(37)38)20(36)33-8-2-1-3-9-33;2-1-3/h13-15,22H,1-12,16H2,(H,37,38);. The SMILES string of the molecule is O=C(O)c1cc(CN2CCCC23CCN(C(=O)OC(C(F)(F)F)C(F)(F)F)CC3)cc(C(=O)N2CCCCC2)c1.O=C=O. The number of benzene rings is 1. The lowest BCUT2D eigenvalue weighted by molar-refractivity contribution is -0.308. The molecule has 43 heavy (non-hydrogen) atoms. The maximum absolute atomic E-state index is 13.1. The van der Waals surface area contributed by atoms with E-state index in [2.05, 4.69) is 9.64 Å². The molecule has 3 aliphatic heterocycles. The van der Waals surface area contributed by atoms with E-state index < -0.39 is 36.1 Å². The fourth-order valence-corrected chi connectivity index (χ4v) is 5.94. The molecule has 0 radical (unpaired) electrons. The predicted molar refractivity (Wildman–Crippen MR) is 134 cm³/mol. The van der Waals surface area contributed by atoms with Gasteiger partial charge in [0.05, 0.1) is 5.56 Å². The fourth-order valence-electron chi connectivity index (χ4n) is 5.94. The molecule has 4 rings (SSSR count). The van der Waals surface area contributed by atoms with Crippen LogP contribution in [0.4, 0.5) is 31.1 Å². The lowest BCUT2D eigenvalue weighted by atomic mass is 9.84. The maximum Gasteiger partial charge on any atom is 0.434 e. The number of halogens is 6. The molecule has 1 aromatic carbocycles. The van der Waals surface area contributed by atoms with Gasteiger partial charge in [0, 0.05) is 43.8 Å². The summed E-state index contributed by atoms with van der Waals surface area (Å²) in [4.78, 5) is 58.0. The Labute approximate surface area is 242 Å². The third kappa shape index (κ3) is 8.47. The Balaban J connectivity index is 0.00000162. The summed E-state index contributed by atoms with van der Waals surface area (Å²) in [5, 5.41) is 9.64. The van der Waals surface area contributed by atoms with Gasteiger partial charge in [0.2, 0.25) is 0 Å². The molecule has 0 atom stereocenters. The number of nitrogens with zero attached hydrogens (tertiary/aromatic N) is 3. The molecule has 3 saturated heterocycles. The molecule has 1 N–H and O–H groups in total. The molecule has 0 aromatic heterocycles. The van der Waals surface area contributed by atoms with Gasteiger partial charge in [-0.3, -0.25) is 9.69 Å². The van der Waals surface area contributed by atoms with Gasteiger partial charge in [-0.05, 0) is 75.3 Å². The summed E-state index contributed by atoms with van der Waals surface area (Å²) < 4.78 is 80.8. The van der Waals surface area contributed by atoms with E-state index in [4.69, 9.17) is 9.59 Å². The van der Waals surface area contributed by atoms with Crippen molar-refractivity contribution in [1.29, 1.82) is 0 Å². The topological polar surface area (TPSA) is 125 Å². The lowest BCUT2D eigenvalue weighted by Gasteiger charge is -2.45. The number of alkyl halides is 6. The van der Waals surface area contributed by atoms with Crippen molar-refractivity contribution in [3.8, 4) is 0 Å². The van der Waals surface area contributed by atoms with Gasteiger partial charge in [-0.2, -0.15) is 35.9 Å². The van der Waals surface area contributed by atoms with Crippen molar-refractivity contribution in [1.82, 2.24) is 14.7 Å². The second kappa shape index (κ2) is 13.8. The second-order valence-electron chi connectivity index (χ2n) is 10.7. The molecule has 0 bridgehead atoms. The molecule has 3 fully saturated rings. The van der Waals surface area contributed by atoms with Crippen molar-refractivity contribution >= 4 is 24.1 Å². The summed E-state index contributed by atoms with van der Waals surface area (Å²) in [6.45, 7) is 1.95. The molecule has 3 aliphatic rings. The minimum atomic E-state index is -5.79. The van der Waals surface area contributed by atoms with Crippen LogP contribution < -0.4 is 0 Å². The average molecular weight is 624 g/mol. The number of piperidine rings is 2. The Morgan fingerprint density at radius 2 is 1.37 bits per heavy atom. The van der Waals surface area contributed by atoms with E-state index in [0.717, 1.165) is 30.6 Å². The van der Waals surface area contributed by atoms with Gasteiger partial charge >= 0.3 is 30.6 Å². The molecule has 1 aromatic rings. The summed E-state index contributed by atoms with van der Waals surface area (Å²) in [6.07, 6.45) is -12.3. The number of amides is 2. The van der Waals surface area contributed by atoms with Crippen LogP contribution in [0.3, 0.4) is 0 Å². The first-order chi connectivity index (χ1) is 20.1. The largest absolute Gasteiger partial charge is 0.478 e. The number of carboxylic acid groups (broad SMARTS) is 1. The summed E-state index contributed by atoms with van der Waals surface area (Å²) in [6, 6.07) is 4.54. The number of carbonyl (C=O) groups is 3. The number of carboxylic acids is 1. The van der Waals surface area contributed by atoms with Crippen LogP contribution in [-0.2, 0) is 20.9 Å². The van der Waals surface area contributed by atoms with Crippen molar-refractivity contribution in [2.75, 3.05) is 32.7 Å². The molecule has 16 heteroatoms. The van der Waals surface area contributed by atoms with Crippen LogP contribution in [-0.4, -0.2) is 101 Å². The molecule has 3 heterocycles. The normalized spacial score (nSPS) is 19.0. The first-order valence-corrected chi connectivity index (χ1v) is 13.6. The summed E-state index contributed by atoms with van der Waals surface area (Å²) in [5.41, 5.74) is 0.404. The minimum Gasteiger partial charge on any atom is -0.478 e. The molecule has 1 spiro atoms. The van der Waals surface area contributed by atoms with Gasteiger partial charge in [-0.15, -0.1) is 0 Å². The highest BCUT2D eigenvalue weighted by Gasteiger charge is 2.60. The number of ether oxygens (including phenoxy) is 1. The number of likely N-dealkylation sites (tertiary alicyclic amines) is 3. The number of rotatable bonds is 5. The Morgan fingerprint density at radius 3 is 1.91 bits per heavy atom. The third-order valence-corrected chi connectivity index (χ3v) is 8.01. The van der Waals surface area contributed by atoms with Gasteiger partial charge < -0.3 is 19.6 Å². The number of carbonyl (C=O) groups excluding carboxylic acids is 4. The van der Waals surface area contributed by atoms with Crippen molar-refractivity contribution < 1.29 is 60.2 Å². The maximum atomic E-state index is 13.1. The third-order valence-electron chi connectivity index (χ3n) is 8.01. The highest BCUT2D eigenvalue weighted by Crippen LogP contribution is 2.41. The van der Waals surface area contributed by atoms with Gasteiger partial charge in [0.1, 0.15) is 0 Å². The van der Waals surface area contributed by atoms with Crippen LogP contribution >= 0.6 is 0 Å². The van der Waals surface area contributed by atoms with Gasteiger partial charge in [-0.25, -0.2) is 9.59 Å². The highest BCUT2D eigenvalue weighted by atomic mass is 19.4. The van der Waals surface area contributed by atoms with E-state index in [9.17, 15) is 45.8 Å². The van der Waals surface area contributed by atoms with Crippen molar-refractivity contribution in [2.45, 2.75) is 75.5 Å². The van der Waals surface area contributed by atoms with E-state index in [-0.39, 0.29) is 36.3 Å². The Bertz CT molecular complexity index is 1190. The van der Waals surface area contributed by atoms with E-state index in [1.165, 1.54) is 12.1 Å². The molecule has 238 valence electrons. The zero-order valence-electron chi connectivity index (χ0n) is 23.0. The Morgan fingerprint density at radius 1 is 0.814 bits per heavy atom. The van der Waals surface area contributed by atoms with Gasteiger partial charge in [0.25, 0.3) is 12.0 Å². The van der Waals surface area contributed by atoms with Gasteiger partial charge in [-0.1, -0.05) is 0 Å².